The highest BCUT2D eigenvalue weighted by Crippen LogP contribution is 1.99. The fraction of sp³-hybridized carbons (Fsp3) is 0.467. The third kappa shape index (κ3) is 5.12. The summed E-state index contributed by atoms with van der Waals surface area (Å²) >= 11 is 0. The zero-order chi connectivity index (χ0) is 14.1. The monoisotopic (exact) mass is 262 g/mol. The van der Waals surface area contributed by atoms with E-state index in [1.807, 2.05) is 44.2 Å². The Bertz CT molecular complexity index is 398. The standard InChI is InChI=1S/C15H22N2O2/c1-3-10-17(11-4-2)15(19)14(18)16-12-13-8-6-5-7-9-13/h5-9H,3-4,10-12H2,1-2H3,(H,16,18). The van der Waals surface area contributed by atoms with Gasteiger partial charge in [-0.05, 0) is 18.4 Å². The van der Waals surface area contributed by atoms with Gasteiger partial charge in [0, 0.05) is 19.6 Å². The first-order valence-corrected chi connectivity index (χ1v) is 6.80. The van der Waals surface area contributed by atoms with Crippen molar-refractivity contribution in [3.05, 3.63) is 35.9 Å². The van der Waals surface area contributed by atoms with Crippen LogP contribution in [-0.2, 0) is 16.1 Å². The van der Waals surface area contributed by atoms with E-state index in [0.29, 0.717) is 19.6 Å². The van der Waals surface area contributed by atoms with E-state index in [-0.39, 0.29) is 0 Å². The molecule has 4 nitrogen and oxygen atoms in total. The van der Waals surface area contributed by atoms with E-state index >= 15 is 0 Å². The lowest BCUT2D eigenvalue weighted by Crippen LogP contribution is -2.43. The lowest BCUT2D eigenvalue weighted by Gasteiger charge is -2.20. The lowest BCUT2D eigenvalue weighted by atomic mass is 10.2. The zero-order valence-electron chi connectivity index (χ0n) is 11.7. The van der Waals surface area contributed by atoms with E-state index in [2.05, 4.69) is 5.32 Å². The molecular formula is C15H22N2O2. The molecule has 1 aromatic rings. The van der Waals surface area contributed by atoms with Gasteiger partial charge in [0.05, 0.1) is 0 Å². The van der Waals surface area contributed by atoms with Crippen molar-refractivity contribution < 1.29 is 9.59 Å². The highest BCUT2D eigenvalue weighted by atomic mass is 16.2. The van der Waals surface area contributed by atoms with Crippen LogP contribution in [0.5, 0.6) is 0 Å². The molecule has 1 rings (SSSR count). The van der Waals surface area contributed by atoms with Crippen molar-refractivity contribution in [1.29, 1.82) is 0 Å². The van der Waals surface area contributed by atoms with E-state index in [1.165, 1.54) is 0 Å². The fourth-order valence-corrected chi connectivity index (χ4v) is 1.85. The predicted octanol–water partition coefficient (Wildman–Crippen LogP) is 1.95. The number of nitrogens with one attached hydrogen (secondary N) is 1. The molecule has 4 heteroatoms. The minimum absolute atomic E-state index is 0.386. The van der Waals surface area contributed by atoms with E-state index in [1.54, 1.807) is 4.90 Å². The predicted molar refractivity (Wildman–Crippen MR) is 75.5 cm³/mol. The highest BCUT2D eigenvalue weighted by Gasteiger charge is 2.19. The maximum Gasteiger partial charge on any atom is 0.311 e. The normalized spacial score (nSPS) is 10.0. The third-order valence-corrected chi connectivity index (χ3v) is 2.76. The Kier molecular flexibility index (Phi) is 6.64. The number of rotatable bonds is 6. The number of nitrogens with zero attached hydrogens (tertiary/aromatic N) is 1. The molecule has 1 aromatic carbocycles. The summed E-state index contributed by atoms with van der Waals surface area (Å²) in [4.78, 5) is 25.4. The van der Waals surface area contributed by atoms with Gasteiger partial charge in [-0.3, -0.25) is 9.59 Å². The molecule has 0 saturated heterocycles. The molecule has 1 N–H and O–H groups in total. The maximum absolute atomic E-state index is 12.0. The number of carbonyl (C=O) groups excluding carboxylic acids is 2. The van der Waals surface area contributed by atoms with Crippen LogP contribution in [0.3, 0.4) is 0 Å². The smallest absolute Gasteiger partial charge is 0.311 e. The molecule has 104 valence electrons. The van der Waals surface area contributed by atoms with Gasteiger partial charge in [-0.2, -0.15) is 0 Å². The van der Waals surface area contributed by atoms with E-state index < -0.39 is 11.8 Å². The van der Waals surface area contributed by atoms with Crippen molar-refractivity contribution in [2.45, 2.75) is 33.2 Å². The second kappa shape index (κ2) is 8.29. The Morgan fingerprint density at radius 1 is 1.05 bits per heavy atom. The van der Waals surface area contributed by atoms with Crippen LogP contribution in [0.2, 0.25) is 0 Å². The van der Waals surface area contributed by atoms with Gasteiger partial charge in [0.15, 0.2) is 0 Å². The Hall–Kier alpha value is -1.84. The molecular weight excluding hydrogens is 240 g/mol. The van der Waals surface area contributed by atoms with Gasteiger partial charge < -0.3 is 10.2 Å². The minimum atomic E-state index is -0.522. The topological polar surface area (TPSA) is 49.4 Å². The summed E-state index contributed by atoms with van der Waals surface area (Å²) < 4.78 is 0. The largest absolute Gasteiger partial charge is 0.344 e. The van der Waals surface area contributed by atoms with Gasteiger partial charge in [0.2, 0.25) is 0 Å². The van der Waals surface area contributed by atoms with Crippen LogP contribution in [-0.4, -0.2) is 29.8 Å². The van der Waals surface area contributed by atoms with Crippen molar-refractivity contribution in [1.82, 2.24) is 10.2 Å². The summed E-state index contributed by atoms with van der Waals surface area (Å²) in [6, 6.07) is 9.56. The molecule has 2 amide bonds. The Balaban J connectivity index is 2.49. The summed E-state index contributed by atoms with van der Waals surface area (Å²) in [7, 11) is 0. The van der Waals surface area contributed by atoms with E-state index in [4.69, 9.17) is 0 Å². The maximum atomic E-state index is 12.0. The first kappa shape index (κ1) is 15.2. The van der Waals surface area contributed by atoms with Crippen LogP contribution in [0.15, 0.2) is 30.3 Å². The molecule has 0 spiro atoms. The average Bonchev–Trinajstić information content (AvgIpc) is 2.45. The summed E-state index contributed by atoms with van der Waals surface area (Å²) in [5.41, 5.74) is 0.987. The first-order chi connectivity index (χ1) is 9.19. The Morgan fingerprint density at radius 2 is 1.63 bits per heavy atom. The Labute approximate surface area is 114 Å². The van der Waals surface area contributed by atoms with Gasteiger partial charge in [-0.15, -0.1) is 0 Å². The van der Waals surface area contributed by atoms with Gasteiger partial charge in [0.1, 0.15) is 0 Å². The summed E-state index contributed by atoms with van der Waals surface area (Å²) in [5, 5.41) is 2.67. The number of carbonyl (C=O) groups is 2. The number of amides is 2. The van der Waals surface area contributed by atoms with Crippen LogP contribution in [0.4, 0.5) is 0 Å². The number of benzene rings is 1. The molecule has 0 atom stereocenters. The quantitative estimate of drug-likeness (QED) is 0.797. The second-order valence-corrected chi connectivity index (χ2v) is 4.46. The second-order valence-electron chi connectivity index (χ2n) is 4.46. The van der Waals surface area contributed by atoms with Crippen LogP contribution in [0, 0.1) is 0 Å². The molecule has 0 unspecified atom stereocenters. The van der Waals surface area contributed by atoms with Crippen molar-refractivity contribution in [3.8, 4) is 0 Å². The minimum Gasteiger partial charge on any atom is -0.344 e. The first-order valence-electron chi connectivity index (χ1n) is 6.80. The molecule has 0 aromatic heterocycles. The van der Waals surface area contributed by atoms with Crippen molar-refractivity contribution in [2.24, 2.45) is 0 Å². The van der Waals surface area contributed by atoms with Gasteiger partial charge in [0.25, 0.3) is 0 Å². The molecule has 0 heterocycles. The van der Waals surface area contributed by atoms with Gasteiger partial charge in [-0.25, -0.2) is 0 Å². The summed E-state index contributed by atoms with van der Waals surface area (Å²) in [6.07, 6.45) is 1.72. The van der Waals surface area contributed by atoms with Crippen LogP contribution in [0.25, 0.3) is 0 Å². The van der Waals surface area contributed by atoms with Crippen LogP contribution < -0.4 is 5.32 Å². The van der Waals surface area contributed by atoms with Crippen molar-refractivity contribution in [2.75, 3.05) is 13.1 Å². The van der Waals surface area contributed by atoms with Gasteiger partial charge >= 0.3 is 11.8 Å². The SMILES string of the molecule is CCCN(CCC)C(=O)C(=O)NCc1ccccc1. The fourth-order valence-electron chi connectivity index (χ4n) is 1.85. The van der Waals surface area contributed by atoms with Crippen LogP contribution >= 0.6 is 0 Å². The number of hydrogen-bond acceptors (Lipinski definition) is 2. The van der Waals surface area contributed by atoms with E-state index in [9.17, 15) is 9.59 Å². The average molecular weight is 262 g/mol. The van der Waals surface area contributed by atoms with Crippen molar-refractivity contribution in [3.63, 3.8) is 0 Å². The third-order valence-electron chi connectivity index (χ3n) is 2.76. The molecule has 0 fully saturated rings. The zero-order valence-corrected chi connectivity index (χ0v) is 11.7. The summed E-state index contributed by atoms with van der Waals surface area (Å²) in [6.45, 7) is 5.64. The molecule has 19 heavy (non-hydrogen) atoms. The summed E-state index contributed by atoms with van der Waals surface area (Å²) in [5.74, 6) is -0.953. The van der Waals surface area contributed by atoms with E-state index in [0.717, 1.165) is 18.4 Å². The molecule has 0 saturated carbocycles. The molecule has 0 radical (unpaired) electrons. The number of hydrogen-bond donors (Lipinski definition) is 1. The molecule has 0 aliphatic rings. The van der Waals surface area contributed by atoms with Gasteiger partial charge in [-0.1, -0.05) is 44.2 Å². The van der Waals surface area contributed by atoms with Crippen LogP contribution in [0.1, 0.15) is 32.3 Å². The highest BCUT2D eigenvalue weighted by molar-refractivity contribution is 6.34. The molecule has 0 aliphatic heterocycles. The lowest BCUT2D eigenvalue weighted by molar-refractivity contribution is -0.146. The Morgan fingerprint density at radius 3 is 2.16 bits per heavy atom. The molecule has 0 aliphatic carbocycles. The molecule has 0 bridgehead atoms. The van der Waals surface area contributed by atoms with Crippen molar-refractivity contribution >= 4 is 11.8 Å².